The smallest absolute Gasteiger partial charge is 0.200 e. The van der Waals surface area contributed by atoms with Crippen LogP contribution >= 0.6 is 0 Å². The van der Waals surface area contributed by atoms with Crippen LogP contribution in [-0.2, 0) is 0 Å². The molecule has 1 rings (SSSR count). The maximum atomic E-state index is 10.7. The van der Waals surface area contributed by atoms with Crippen molar-refractivity contribution in [3.63, 3.8) is 0 Å². The fourth-order valence-corrected chi connectivity index (χ4v) is 1.39. The van der Waals surface area contributed by atoms with E-state index in [1.807, 2.05) is 20.9 Å². The molecule has 1 saturated heterocycles. The topological polar surface area (TPSA) is 32.3 Å². The van der Waals surface area contributed by atoms with Crippen molar-refractivity contribution in [2.24, 2.45) is 0 Å². The number of hydrogen-bond acceptors (Lipinski definition) is 2. The number of piperidine rings is 1. The number of likely N-dealkylation sites (tertiary alicyclic amines) is 1. The van der Waals surface area contributed by atoms with Gasteiger partial charge in [0.2, 0.25) is 7.85 Å². The van der Waals surface area contributed by atoms with Crippen LogP contribution in [0.15, 0.2) is 0 Å². The minimum absolute atomic E-state index is 0.292. The van der Waals surface area contributed by atoms with E-state index in [0.717, 1.165) is 25.9 Å². The molecule has 74 valence electrons. The van der Waals surface area contributed by atoms with E-state index in [-0.39, 0.29) is 5.81 Å². The molecule has 0 aromatic carbocycles. The number of nitrogens with one attached hydrogen (secondary N) is 1. The molecule has 0 aliphatic carbocycles. The predicted octanol–water partition coefficient (Wildman–Crippen LogP) is 0.985. The average molecular weight is 182 g/mol. The summed E-state index contributed by atoms with van der Waals surface area (Å²) < 4.78 is 0. The third-order valence-electron chi connectivity index (χ3n) is 2.21. The van der Waals surface area contributed by atoms with E-state index in [0.29, 0.717) is 6.04 Å². The summed E-state index contributed by atoms with van der Waals surface area (Å²) in [6.07, 6.45) is 2.03. The lowest BCUT2D eigenvalue weighted by molar-refractivity contribution is 0.200. The normalized spacial score (nSPS) is 17.6. The molecule has 4 heteroatoms. The second-order valence-electron chi connectivity index (χ2n) is 2.89. The van der Waals surface area contributed by atoms with Crippen molar-refractivity contribution in [2.45, 2.75) is 32.7 Å². The fraction of sp³-hybridized carbons (Fsp3) is 0.889. The van der Waals surface area contributed by atoms with E-state index in [1.54, 1.807) is 4.90 Å². The zero-order valence-electron chi connectivity index (χ0n) is 8.84. The molecule has 0 unspecified atom stereocenters. The molecule has 0 bridgehead atoms. The Morgan fingerprint density at radius 2 is 1.85 bits per heavy atom. The van der Waals surface area contributed by atoms with Crippen LogP contribution in [0.4, 0.5) is 4.79 Å². The highest BCUT2D eigenvalue weighted by atomic mass is 16.1. The van der Waals surface area contributed by atoms with Gasteiger partial charge in [0, 0.05) is 19.1 Å². The van der Waals surface area contributed by atoms with Crippen molar-refractivity contribution < 1.29 is 4.79 Å². The number of amides is 1. The Hall–Kier alpha value is -0.505. The van der Waals surface area contributed by atoms with E-state index in [2.05, 4.69) is 5.32 Å². The maximum Gasteiger partial charge on any atom is 0.200 e. The van der Waals surface area contributed by atoms with Gasteiger partial charge in [-0.15, -0.1) is 0 Å². The highest BCUT2D eigenvalue weighted by molar-refractivity contribution is 6.56. The van der Waals surface area contributed by atoms with Gasteiger partial charge >= 0.3 is 0 Å². The van der Waals surface area contributed by atoms with Crippen molar-refractivity contribution in [3.05, 3.63) is 0 Å². The van der Waals surface area contributed by atoms with Crippen molar-refractivity contribution >= 4 is 13.7 Å². The molecule has 2 radical (unpaired) electrons. The Kier molecular flexibility index (Phi) is 6.68. The Bertz CT molecular complexity index is 145. The molecule has 0 spiro atoms. The van der Waals surface area contributed by atoms with Crippen LogP contribution in [0.3, 0.4) is 0 Å². The summed E-state index contributed by atoms with van der Waals surface area (Å²) in [4.78, 5) is 12.4. The Morgan fingerprint density at radius 1 is 1.38 bits per heavy atom. The van der Waals surface area contributed by atoms with Crippen molar-refractivity contribution in [1.82, 2.24) is 10.2 Å². The number of carbonyl (C=O) groups excluding carboxylic acids is 1. The third kappa shape index (κ3) is 4.32. The van der Waals surface area contributed by atoms with E-state index in [4.69, 9.17) is 7.85 Å². The summed E-state index contributed by atoms with van der Waals surface area (Å²) in [6, 6.07) is 0.561. The van der Waals surface area contributed by atoms with Crippen LogP contribution in [0, 0.1) is 0 Å². The molecular formula is C9H19BN2O. The summed E-state index contributed by atoms with van der Waals surface area (Å²) in [6.45, 7) is 5.59. The summed E-state index contributed by atoms with van der Waals surface area (Å²) in [5.41, 5.74) is 0. The van der Waals surface area contributed by atoms with Gasteiger partial charge in [0.25, 0.3) is 0 Å². The SMILES string of the molecule is CC.[B]C(=O)N1CCC(NC)CC1. The lowest BCUT2D eigenvalue weighted by atomic mass is 10.0. The predicted molar refractivity (Wildman–Crippen MR) is 56.2 cm³/mol. The quantitative estimate of drug-likeness (QED) is 0.613. The molecule has 0 saturated carbocycles. The first-order valence-corrected chi connectivity index (χ1v) is 4.95. The summed E-state index contributed by atoms with van der Waals surface area (Å²) in [7, 11) is 7.07. The maximum absolute atomic E-state index is 10.7. The van der Waals surface area contributed by atoms with Crippen molar-refractivity contribution in [2.75, 3.05) is 20.1 Å². The first kappa shape index (κ1) is 12.5. The number of rotatable bonds is 1. The largest absolute Gasteiger partial charge is 0.352 e. The van der Waals surface area contributed by atoms with Gasteiger partial charge < -0.3 is 10.2 Å². The van der Waals surface area contributed by atoms with E-state index < -0.39 is 0 Å². The van der Waals surface area contributed by atoms with Gasteiger partial charge in [-0.3, -0.25) is 4.79 Å². The van der Waals surface area contributed by atoms with E-state index in [9.17, 15) is 4.79 Å². The van der Waals surface area contributed by atoms with Gasteiger partial charge in [-0.05, 0) is 19.9 Å². The monoisotopic (exact) mass is 182 g/mol. The van der Waals surface area contributed by atoms with Crippen LogP contribution in [0.2, 0.25) is 0 Å². The lowest BCUT2D eigenvalue weighted by Crippen LogP contribution is -2.43. The molecule has 1 fully saturated rings. The highest BCUT2D eigenvalue weighted by Gasteiger charge is 2.18. The Morgan fingerprint density at radius 3 is 2.15 bits per heavy atom. The third-order valence-corrected chi connectivity index (χ3v) is 2.21. The zero-order valence-corrected chi connectivity index (χ0v) is 8.84. The van der Waals surface area contributed by atoms with E-state index in [1.165, 1.54) is 0 Å². The molecule has 1 heterocycles. The van der Waals surface area contributed by atoms with Gasteiger partial charge in [-0.2, -0.15) is 0 Å². The molecular weight excluding hydrogens is 163 g/mol. The summed E-state index contributed by atoms with van der Waals surface area (Å²) >= 11 is 0. The number of carbonyl (C=O) groups is 1. The molecule has 1 aliphatic heterocycles. The number of nitrogens with zero attached hydrogens (tertiary/aromatic N) is 1. The fourth-order valence-electron chi connectivity index (χ4n) is 1.39. The van der Waals surface area contributed by atoms with Gasteiger partial charge in [-0.25, -0.2) is 0 Å². The van der Waals surface area contributed by atoms with Crippen molar-refractivity contribution in [3.8, 4) is 0 Å². The first-order valence-electron chi connectivity index (χ1n) is 4.95. The van der Waals surface area contributed by atoms with Gasteiger partial charge in [0.15, 0.2) is 5.81 Å². The molecule has 0 atom stereocenters. The van der Waals surface area contributed by atoms with Gasteiger partial charge in [-0.1, -0.05) is 13.8 Å². The standard InChI is InChI=1S/C7H13BN2O.C2H6/c1-9-6-2-4-10(5-3-6)7(8)11;1-2/h6,9H,2-5H2,1H3;1-2H3. The molecule has 13 heavy (non-hydrogen) atoms. The average Bonchev–Trinajstić information content (AvgIpc) is 2.21. The Balaban J connectivity index is 0.000000671. The molecule has 1 amide bonds. The molecule has 1 aliphatic rings. The minimum atomic E-state index is -0.292. The Labute approximate surface area is 82.3 Å². The second kappa shape index (κ2) is 6.95. The van der Waals surface area contributed by atoms with Crippen LogP contribution in [0.25, 0.3) is 0 Å². The summed E-state index contributed by atoms with van der Waals surface area (Å²) in [5, 5.41) is 3.18. The van der Waals surface area contributed by atoms with Gasteiger partial charge in [0.1, 0.15) is 0 Å². The zero-order chi connectivity index (χ0) is 10.3. The highest BCUT2D eigenvalue weighted by Crippen LogP contribution is 2.09. The molecule has 0 aromatic heterocycles. The lowest BCUT2D eigenvalue weighted by Gasteiger charge is -2.31. The van der Waals surface area contributed by atoms with Crippen LogP contribution in [-0.4, -0.2) is 44.7 Å². The summed E-state index contributed by atoms with van der Waals surface area (Å²) in [5.74, 6) is -0.292. The van der Waals surface area contributed by atoms with E-state index >= 15 is 0 Å². The number of hydrogen-bond donors (Lipinski definition) is 1. The second-order valence-corrected chi connectivity index (χ2v) is 2.89. The van der Waals surface area contributed by atoms with Gasteiger partial charge in [0.05, 0.1) is 0 Å². The van der Waals surface area contributed by atoms with Crippen LogP contribution < -0.4 is 5.32 Å². The molecule has 1 N–H and O–H groups in total. The molecule has 3 nitrogen and oxygen atoms in total. The van der Waals surface area contributed by atoms with Crippen LogP contribution in [0.1, 0.15) is 26.7 Å². The molecule has 0 aromatic rings. The van der Waals surface area contributed by atoms with Crippen LogP contribution in [0.5, 0.6) is 0 Å². The van der Waals surface area contributed by atoms with Crippen molar-refractivity contribution in [1.29, 1.82) is 0 Å². The minimum Gasteiger partial charge on any atom is -0.352 e. The first-order chi connectivity index (χ1) is 6.24.